The number of carboxylic acid groups (broad SMARTS) is 1. The van der Waals surface area contributed by atoms with Crippen LogP contribution in [0.15, 0.2) is 18.7 Å². The molecule has 1 atom stereocenters. The van der Waals surface area contributed by atoms with Crippen molar-refractivity contribution < 1.29 is 19.5 Å². The van der Waals surface area contributed by atoms with Gasteiger partial charge in [0, 0.05) is 44.5 Å². The van der Waals surface area contributed by atoms with Gasteiger partial charge in [0.2, 0.25) is 11.8 Å². The molecule has 1 N–H and O–H groups in total. The molecule has 2 saturated heterocycles. The molecule has 2 amide bonds. The van der Waals surface area contributed by atoms with Gasteiger partial charge in [0.25, 0.3) is 0 Å². The monoisotopic (exact) mass is 346 g/mol. The van der Waals surface area contributed by atoms with Gasteiger partial charge in [-0.2, -0.15) is 0 Å². The van der Waals surface area contributed by atoms with Gasteiger partial charge < -0.3 is 19.5 Å². The van der Waals surface area contributed by atoms with Gasteiger partial charge >= 0.3 is 5.97 Å². The van der Waals surface area contributed by atoms with Crippen molar-refractivity contribution in [3.05, 3.63) is 18.7 Å². The minimum atomic E-state index is -1.04. The summed E-state index contributed by atoms with van der Waals surface area (Å²) in [5.41, 5.74) is -1.04. The van der Waals surface area contributed by atoms with Crippen LogP contribution < -0.4 is 0 Å². The molecule has 0 unspecified atom stereocenters. The third-order valence-corrected chi connectivity index (χ3v) is 5.79. The van der Waals surface area contributed by atoms with Crippen molar-refractivity contribution in [3.8, 4) is 0 Å². The smallest absolute Gasteiger partial charge is 0.330 e. The maximum atomic E-state index is 12.8. The average molecular weight is 346 g/mol. The Balaban J connectivity index is 1.42. The second-order valence-electron chi connectivity index (χ2n) is 7.31. The van der Waals surface area contributed by atoms with E-state index in [0.29, 0.717) is 38.5 Å². The number of amides is 2. The van der Waals surface area contributed by atoms with Crippen molar-refractivity contribution in [2.75, 3.05) is 19.6 Å². The molecule has 134 valence electrons. The Morgan fingerprint density at radius 2 is 1.96 bits per heavy atom. The van der Waals surface area contributed by atoms with E-state index in [2.05, 4.69) is 4.98 Å². The van der Waals surface area contributed by atoms with Crippen molar-refractivity contribution in [2.45, 2.75) is 43.7 Å². The first-order chi connectivity index (χ1) is 12.0. The van der Waals surface area contributed by atoms with Crippen molar-refractivity contribution in [1.82, 2.24) is 19.4 Å². The Bertz CT molecular complexity index is 690. The molecule has 8 heteroatoms. The summed E-state index contributed by atoms with van der Waals surface area (Å²) in [6, 6.07) is 0.340. The Hall–Kier alpha value is -2.38. The van der Waals surface area contributed by atoms with E-state index in [0.717, 1.165) is 12.8 Å². The number of aliphatic carboxylic acids is 1. The summed E-state index contributed by atoms with van der Waals surface area (Å²) in [6.07, 6.45) is 7.82. The lowest BCUT2D eigenvalue weighted by Gasteiger charge is -2.40. The van der Waals surface area contributed by atoms with Crippen LogP contribution >= 0.6 is 0 Å². The number of likely N-dealkylation sites (tertiary alicyclic amines) is 2. The van der Waals surface area contributed by atoms with Gasteiger partial charge in [0.15, 0.2) is 0 Å². The molecular weight excluding hydrogens is 324 g/mol. The van der Waals surface area contributed by atoms with Crippen LogP contribution in [-0.2, 0) is 19.9 Å². The zero-order chi connectivity index (χ0) is 17.6. The fourth-order valence-corrected chi connectivity index (χ4v) is 4.09. The molecule has 1 saturated carbocycles. The van der Waals surface area contributed by atoms with Crippen molar-refractivity contribution >= 4 is 17.8 Å². The first-order valence-corrected chi connectivity index (χ1v) is 8.81. The molecule has 25 heavy (non-hydrogen) atoms. The van der Waals surface area contributed by atoms with E-state index < -0.39 is 11.5 Å². The summed E-state index contributed by atoms with van der Waals surface area (Å²) in [4.78, 5) is 44.3. The number of hydrogen-bond donors (Lipinski definition) is 1. The Labute approximate surface area is 145 Å². The maximum absolute atomic E-state index is 12.8. The molecule has 2 aliphatic heterocycles. The van der Waals surface area contributed by atoms with Gasteiger partial charge in [-0.15, -0.1) is 0 Å². The number of piperidine rings is 1. The van der Waals surface area contributed by atoms with Crippen LogP contribution in [0.3, 0.4) is 0 Å². The molecule has 3 fully saturated rings. The Morgan fingerprint density at radius 3 is 2.52 bits per heavy atom. The molecule has 3 aliphatic rings. The summed E-state index contributed by atoms with van der Waals surface area (Å²) in [5.74, 6) is -1.11. The van der Waals surface area contributed by atoms with Gasteiger partial charge in [-0.1, -0.05) is 0 Å². The molecule has 1 aromatic heterocycles. The number of aromatic nitrogens is 2. The molecule has 0 radical (unpaired) electrons. The van der Waals surface area contributed by atoms with E-state index in [1.54, 1.807) is 21.9 Å². The number of hydrogen-bond acceptors (Lipinski definition) is 4. The quantitative estimate of drug-likeness (QED) is 0.846. The zero-order valence-corrected chi connectivity index (χ0v) is 14.0. The van der Waals surface area contributed by atoms with E-state index >= 15 is 0 Å². The van der Waals surface area contributed by atoms with Crippen LogP contribution in [-0.4, -0.2) is 67.9 Å². The van der Waals surface area contributed by atoms with Crippen molar-refractivity contribution in [1.29, 1.82) is 0 Å². The highest BCUT2D eigenvalue weighted by Gasteiger charge is 2.47. The fourth-order valence-electron chi connectivity index (χ4n) is 4.09. The van der Waals surface area contributed by atoms with E-state index in [-0.39, 0.29) is 24.2 Å². The summed E-state index contributed by atoms with van der Waals surface area (Å²) >= 11 is 0. The molecular formula is C17H22N4O4. The molecule has 0 bridgehead atoms. The average Bonchev–Trinajstić information content (AvgIpc) is 3.14. The first-order valence-electron chi connectivity index (χ1n) is 8.81. The molecule has 1 aliphatic carbocycles. The second-order valence-corrected chi connectivity index (χ2v) is 7.31. The second kappa shape index (κ2) is 5.86. The van der Waals surface area contributed by atoms with Gasteiger partial charge in [-0.3, -0.25) is 9.59 Å². The van der Waals surface area contributed by atoms with E-state index in [9.17, 15) is 19.5 Å². The number of carboxylic acids is 1. The third-order valence-electron chi connectivity index (χ3n) is 5.79. The normalized spacial score (nSPS) is 26.1. The number of rotatable bonds is 4. The van der Waals surface area contributed by atoms with Crippen LogP contribution in [0.4, 0.5) is 0 Å². The molecule has 3 heterocycles. The van der Waals surface area contributed by atoms with E-state index in [1.807, 2.05) is 4.90 Å². The Kier molecular flexibility index (Phi) is 3.77. The van der Waals surface area contributed by atoms with Crippen LogP contribution in [0.1, 0.15) is 32.1 Å². The number of carbonyl (C=O) groups excluding carboxylic acids is 2. The summed E-state index contributed by atoms with van der Waals surface area (Å²) in [6.45, 7) is 1.29. The van der Waals surface area contributed by atoms with Crippen molar-refractivity contribution in [3.63, 3.8) is 0 Å². The number of imidazole rings is 1. The highest BCUT2D eigenvalue weighted by molar-refractivity contribution is 5.90. The minimum Gasteiger partial charge on any atom is -0.479 e. The SMILES string of the molecule is O=C([C@H]1CC(=O)N(C2CC2)C1)N1CCC(C(=O)O)(n2ccnc2)CC1. The lowest BCUT2D eigenvalue weighted by atomic mass is 9.86. The topological polar surface area (TPSA) is 95.7 Å². The third kappa shape index (κ3) is 2.69. The summed E-state index contributed by atoms with van der Waals surface area (Å²) in [5, 5.41) is 9.73. The largest absolute Gasteiger partial charge is 0.479 e. The number of nitrogens with zero attached hydrogens (tertiary/aromatic N) is 4. The standard InChI is InChI=1S/C17H22N4O4/c22-14-9-12(10-21(14)13-1-2-13)15(23)19-6-3-17(4-7-19,16(24)25)20-8-5-18-11-20/h5,8,11-13H,1-4,6-7,9-10H2,(H,24,25)/t12-/m0/s1. The predicted octanol–water partition coefficient (Wildman–Crippen LogP) is 0.296. The first kappa shape index (κ1) is 16.1. The molecule has 8 nitrogen and oxygen atoms in total. The molecule has 1 aromatic rings. The summed E-state index contributed by atoms with van der Waals surface area (Å²) < 4.78 is 1.63. The van der Waals surface area contributed by atoms with Crippen LogP contribution in [0, 0.1) is 5.92 Å². The van der Waals surface area contributed by atoms with Crippen molar-refractivity contribution in [2.24, 2.45) is 5.92 Å². The zero-order valence-electron chi connectivity index (χ0n) is 14.0. The fraction of sp³-hybridized carbons (Fsp3) is 0.647. The van der Waals surface area contributed by atoms with Gasteiger partial charge in [-0.05, 0) is 25.7 Å². The van der Waals surface area contributed by atoms with Gasteiger partial charge in [0.1, 0.15) is 5.54 Å². The van der Waals surface area contributed by atoms with Crippen LogP contribution in [0.5, 0.6) is 0 Å². The van der Waals surface area contributed by atoms with Gasteiger partial charge in [-0.25, -0.2) is 9.78 Å². The molecule has 4 rings (SSSR count). The van der Waals surface area contributed by atoms with Crippen LogP contribution in [0.2, 0.25) is 0 Å². The molecule has 0 spiro atoms. The van der Waals surface area contributed by atoms with E-state index in [4.69, 9.17) is 0 Å². The van der Waals surface area contributed by atoms with E-state index in [1.165, 1.54) is 6.33 Å². The Morgan fingerprint density at radius 1 is 1.24 bits per heavy atom. The lowest BCUT2D eigenvalue weighted by molar-refractivity contribution is -0.153. The number of carbonyl (C=O) groups is 3. The summed E-state index contributed by atoms with van der Waals surface area (Å²) in [7, 11) is 0. The van der Waals surface area contributed by atoms with Crippen LogP contribution in [0.25, 0.3) is 0 Å². The highest BCUT2D eigenvalue weighted by Crippen LogP contribution is 2.35. The predicted molar refractivity (Wildman–Crippen MR) is 86.5 cm³/mol. The maximum Gasteiger partial charge on any atom is 0.330 e. The van der Waals surface area contributed by atoms with Gasteiger partial charge in [0.05, 0.1) is 12.2 Å². The molecule has 0 aromatic carbocycles. The lowest BCUT2D eigenvalue weighted by Crippen LogP contribution is -2.53. The highest BCUT2D eigenvalue weighted by atomic mass is 16.4. The minimum absolute atomic E-state index is 0.0129.